The van der Waals surface area contributed by atoms with Crippen molar-refractivity contribution in [2.45, 2.75) is 148 Å². The molecular formula is C23H47OP. The Labute approximate surface area is 161 Å². The first-order chi connectivity index (χ1) is 12.3. The van der Waals surface area contributed by atoms with Crippen molar-refractivity contribution in [3.8, 4) is 0 Å². The van der Waals surface area contributed by atoms with Crippen molar-refractivity contribution in [3.63, 3.8) is 0 Å². The molecule has 0 N–H and O–H groups in total. The predicted octanol–water partition coefficient (Wildman–Crippen LogP) is 9.49. The van der Waals surface area contributed by atoms with Crippen LogP contribution in [0.1, 0.15) is 142 Å². The maximum Gasteiger partial charge on any atom is 0.158 e. The van der Waals surface area contributed by atoms with Gasteiger partial charge in [0.05, 0.1) is 0 Å². The zero-order chi connectivity index (χ0) is 18.4. The Balaban J connectivity index is 2.99. The fourth-order valence-electron chi connectivity index (χ4n) is 3.57. The third-order valence-corrected chi connectivity index (χ3v) is 6.02. The Morgan fingerprint density at radius 1 is 0.520 bits per heavy atom. The van der Waals surface area contributed by atoms with E-state index in [1.54, 1.807) is 0 Å². The Kier molecular flexibility index (Phi) is 22.2. The molecule has 2 heteroatoms. The average molecular weight is 371 g/mol. The fraction of sp³-hybridized carbons (Fsp3) is 1.00. The molecule has 0 heterocycles. The van der Waals surface area contributed by atoms with Gasteiger partial charge in [-0.2, -0.15) is 0 Å². The summed E-state index contributed by atoms with van der Waals surface area (Å²) in [5, 5.41) is 0. The Bertz CT molecular complexity index is 254. The smallest absolute Gasteiger partial charge is 0.158 e. The van der Waals surface area contributed by atoms with Gasteiger partial charge in [-0.3, -0.25) is 4.57 Å². The molecule has 0 aliphatic carbocycles. The van der Waals surface area contributed by atoms with Gasteiger partial charge < -0.3 is 0 Å². The van der Waals surface area contributed by atoms with Crippen molar-refractivity contribution >= 4 is 8.46 Å². The lowest BCUT2D eigenvalue weighted by Crippen LogP contribution is -1.90. The molecule has 0 radical (unpaired) electrons. The van der Waals surface area contributed by atoms with Crippen molar-refractivity contribution < 1.29 is 4.57 Å². The van der Waals surface area contributed by atoms with Crippen LogP contribution in [-0.2, 0) is 4.57 Å². The van der Waals surface area contributed by atoms with Crippen molar-refractivity contribution in [2.24, 2.45) is 0 Å². The molecule has 0 fully saturated rings. The summed E-state index contributed by atoms with van der Waals surface area (Å²) in [4.78, 5) is 0. The van der Waals surface area contributed by atoms with Gasteiger partial charge in [-0.05, 0) is 6.42 Å². The molecule has 1 nitrogen and oxygen atoms in total. The molecule has 0 aromatic rings. The van der Waals surface area contributed by atoms with Crippen LogP contribution in [0.4, 0.5) is 0 Å². The zero-order valence-corrected chi connectivity index (χ0v) is 18.5. The van der Waals surface area contributed by atoms with Crippen molar-refractivity contribution in [2.75, 3.05) is 0 Å². The Morgan fingerprint density at radius 2 is 0.800 bits per heavy atom. The maximum absolute atomic E-state index is 10.6. The standard InChI is InChI=1S/C23H47OP/c1-3-4-5-6-7-8-9-10-11-12-13-14-15-16-17-18-19-20-21-22-23(2)25-24/h23H,3-22H2,1-2H3. The van der Waals surface area contributed by atoms with E-state index < -0.39 is 0 Å². The first-order valence-electron chi connectivity index (χ1n) is 11.6. The predicted molar refractivity (Wildman–Crippen MR) is 115 cm³/mol. The highest BCUT2D eigenvalue weighted by atomic mass is 31.1. The second-order valence-corrected chi connectivity index (χ2v) is 9.20. The van der Waals surface area contributed by atoms with Gasteiger partial charge in [0.2, 0.25) is 0 Å². The lowest BCUT2D eigenvalue weighted by Gasteiger charge is -2.04. The van der Waals surface area contributed by atoms with E-state index in [1.165, 1.54) is 122 Å². The van der Waals surface area contributed by atoms with Crippen molar-refractivity contribution in [3.05, 3.63) is 0 Å². The molecule has 1 unspecified atom stereocenters. The fourth-order valence-corrected chi connectivity index (χ4v) is 3.86. The largest absolute Gasteiger partial charge is 0.275 e. The van der Waals surface area contributed by atoms with Crippen LogP contribution in [0.25, 0.3) is 0 Å². The van der Waals surface area contributed by atoms with E-state index in [0.29, 0.717) is 14.1 Å². The summed E-state index contributed by atoms with van der Waals surface area (Å²) in [6.07, 6.45) is 28.3. The van der Waals surface area contributed by atoms with Crippen LogP contribution in [0.3, 0.4) is 0 Å². The molecule has 25 heavy (non-hydrogen) atoms. The summed E-state index contributed by atoms with van der Waals surface area (Å²) < 4.78 is 10.6. The van der Waals surface area contributed by atoms with Crippen LogP contribution in [-0.4, -0.2) is 5.66 Å². The van der Waals surface area contributed by atoms with Gasteiger partial charge >= 0.3 is 0 Å². The van der Waals surface area contributed by atoms with Crippen LogP contribution in [0, 0.1) is 0 Å². The van der Waals surface area contributed by atoms with Gasteiger partial charge in [-0.1, -0.05) is 136 Å². The Morgan fingerprint density at radius 3 is 1.08 bits per heavy atom. The molecule has 0 amide bonds. The minimum absolute atomic E-state index is 0.328. The topological polar surface area (TPSA) is 17.1 Å². The highest BCUT2D eigenvalue weighted by molar-refractivity contribution is 7.24. The molecule has 0 bridgehead atoms. The van der Waals surface area contributed by atoms with E-state index in [2.05, 4.69) is 13.8 Å². The number of unbranched alkanes of at least 4 members (excludes halogenated alkanes) is 18. The molecule has 0 aliphatic rings. The van der Waals surface area contributed by atoms with E-state index in [4.69, 9.17) is 0 Å². The average Bonchev–Trinajstić information content (AvgIpc) is 2.63. The molecule has 0 saturated carbocycles. The van der Waals surface area contributed by atoms with Gasteiger partial charge in [0.1, 0.15) is 0 Å². The van der Waals surface area contributed by atoms with Gasteiger partial charge in [-0.15, -0.1) is 0 Å². The van der Waals surface area contributed by atoms with Crippen LogP contribution in [0.5, 0.6) is 0 Å². The molecule has 0 aromatic carbocycles. The SMILES string of the molecule is CCCCCCCCCCCCCCCCCCCCCC(C)P=O. The van der Waals surface area contributed by atoms with Crippen LogP contribution in [0.15, 0.2) is 0 Å². The zero-order valence-electron chi connectivity index (χ0n) is 17.6. The summed E-state index contributed by atoms with van der Waals surface area (Å²) in [7, 11) is 0.328. The number of hydrogen-bond donors (Lipinski definition) is 0. The minimum Gasteiger partial charge on any atom is -0.275 e. The quantitative estimate of drug-likeness (QED) is 0.145. The normalized spacial score (nSPS) is 12.7. The van der Waals surface area contributed by atoms with Gasteiger partial charge in [-0.25, -0.2) is 0 Å². The summed E-state index contributed by atoms with van der Waals surface area (Å²) in [6.45, 7) is 4.37. The summed E-state index contributed by atoms with van der Waals surface area (Å²) in [5.41, 5.74) is 0.366. The van der Waals surface area contributed by atoms with E-state index in [-0.39, 0.29) is 0 Å². The summed E-state index contributed by atoms with van der Waals surface area (Å²) in [6, 6.07) is 0. The molecule has 150 valence electrons. The third kappa shape index (κ3) is 22.1. The molecule has 1 atom stereocenters. The van der Waals surface area contributed by atoms with Gasteiger partial charge in [0, 0.05) is 5.66 Å². The second kappa shape index (κ2) is 22.1. The van der Waals surface area contributed by atoms with Gasteiger partial charge in [0.25, 0.3) is 0 Å². The first kappa shape index (κ1) is 25.1. The highest BCUT2D eigenvalue weighted by Gasteiger charge is 2.00. The number of rotatable bonds is 21. The maximum atomic E-state index is 10.6. The van der Waals surface area contributed by atoms with Crippen molar-refractivity contribution in [1.29, 1.82) is 0 Å². The van der Waals surface area contributed by atoms with Crippen LogP contribution in [0.2, 0.25) is 0 Å². The first-order valence-corrected chi connectivity index (χ1v) is 12.5. The van der Waals surface area contributed by atoms with Crippen LogP contribution >= 0.6 is 8.46 Å². The highest BCUT2D eigenvalue weighted by Crippen LogP contribution is 2.17. The van der Waals surface area contributed by atoms with Crippen molar-refractivity contribution in [1.82, 2.24) is 0 Å². The molecule has 0 aromatic heterocycles. The number of hydrogen-bond acceptors (Lipinski definition) is 1. The van der Waals surface area contributed by atoms with E-state index >= 15 is 0 Å². The summed E-state index contributed by atoms with van der Waals surface area (Å²) in [5.74, 6) is 0. The van der Waals surface area contributed by atoms with E-state index in [0.717, 1.165) is 6.42 Å². The molecule has 0 rings (SSSR count). The summed E-state index contributed by atoms with van der Waals surface area (Å²) >= 11 is 0. The third-order valence-electron chi connectivity index (χ3n) is 5.41. The van der Waals surface area contributed by atoms with E-state index in [9.17, 15) is 4.57 Å². The van der Waals surface area contributed by atoms with Gasteiger partial charge in [0.15, 0.2) is 8.46 Å². The molecular weight excluding hydrogens is 323 g/mol. The molecule has 0 saturated heterocycles. The minimum atomic E-state index is 0.328. The van der Waals surface area contributed by atoms with E-state index in [1.807, 2.05) is 0 Å². The second-order valence-electron chi connectivity index (χ2n) is 8.11. The molecule has 0 aliphatic heterocycles. The Hall–Kier alpha value is 0.100. The van der Waals surface area contributed by atoms with Crippen LogP contribution < -0.4 is 0 Å². The molecule has 0 spiro atoms. The monoisotopic (exact) mass is 370 g/mol. The lowest BCUT2D eigenvalue weighted by atomic mass is 10.0. The lowest BCUT2D eigenvalue weighted by molar-refractivity contribution is 0.521.